The number of aromatic nitrogens is 2. The first-order chi connectivity index (χ1) is 29.6. The molecule has 0 atom stereocenters. The molecule has 8 aromatic rings. The molecule has 0 unspecified atom stereocenters. The number of pyridine rings is 2. The summed E-state index contributed by atoms with van der Waals surface area (Å²) in [4.78, 5) is 72.6. The SMILES string of the molecule is CN(C)CCN1C(=O)c2cccc3c2c(cc2c(CCNCCc4c5ccccc5nc5c4cc4c6c(cccc65)C(=O)N(CCN(C)C)C4=O)c4ccccc4nc23)C1=O. The molecule has 10 rings (SSSR count). The lowest BCUT2D eigenvalue weighted by atomic mass is 9.89. The van der Waals surface area contributed by atoms with E-state index in [1.165, 1.54) is 9.80 Å². The Morgan fingerprint density at radius 3 is 1.30 bits per heavy atom. The number of likely N-dealkylation sites (N-methyl/N-ethyl adjacent to an activating group) is 2. The number of carbonyl (C=O) groups is 4. The average Bonchev–Trinajstić information content (AvgIpc) is 3.26. The lowest BCUT2D eigenvalue weighted by Gasteiger charge is -2.29. The Kier molecular flexibility index (Phi) is 9.55. The number of fused-ring (bicyclic) bond motifs is 6. The molecule has 0 saturated heterocycles. The standard InChI is InChI=1S/C50H45N7O4/c1-54(2)23-25-56-47(58)35-15-9-13-33-43(35)39(49(56)60)27-37-29(31-11-5-7-17-41(31)52-45(33)37)19-21-51-22-20-30-32-12-6-8-18-42(32)53-46-34-14-10-16-36-44(34)40(28-38(30)46)50(61)57(48(36)59)26-24-55(3)4/h5-18,27-28,51H,19-26H2,1-4H3. The quantitative estimate of drug-likeness (QED) is 0.0598. The van der Waals surface area contributed by atoms with Crippen molar-refractivity contribution in [2.24, 2.45) is 0 Å². The van der Waals surface area contributed by atoms with E-state index in [0.717, 1.165) is 65.5 Å². The zero-order chi connectivity index (χ0) is 42.1. The maximum atomic E-state index is 14.1. The molecule has 304 valence electrons. The Bertz CT molecular complexity index is 2980. The fourth-order valence-electron chi connectivity index (χ4n) is 9.38. The van der Waals surface area contributed by atoms with E-state index in [1.54, 1.807) is 0 Å². The van der Waals surface area contributed by atoms with Gasteiger partial charge in [-0.3, -0.25) is 29.0 Å². The average molecular weight is 808 g/mol. The van der Waals surface area contributed by atoms with Crippen LogP contribution in [0.4, 0.5) is 0 Å². The van der Waals surface area contributed by atoms with Gasteiger partial charge in [-0.05, 0) is 102 Å². The molecule has 0 aliphatic carbocycles. The van der Waals surface area contributed by atoms with Crippen molar-refractivity contribution < 1.29 is 19.2 Å². The molecule has 0 saturated carbocycles. The molecule has 0 fully saturated rings. The van der Waals surface area contributed by atoms with Crippen LogP contribution in [0.5, 0.6) is 0 Å². The summed E-state index contributed by atoms with van der Waals surface area (Å²) >= 11 is 0. The molecule has 4 heterocycles. The number of nitrogens with one attached hydrogen (secondary N) is 1. The van der Waals surface area contributed by atoms with Gasteiger partial charge in [0, 0.05) is 91.5 Å². The Labute approximate surface area is 352 Å². The summed E-state index contributed by atoms with van der Waals surface area (Å²) in [5.74, 6) is -1.10. The molecule has 61 heavy (non-hydrogen) atoms. The predicted molar refractivity (Wildman–Crippen MR) is 242 cm³/mol. The van der Waals surface area contributed by atoms with Crippen molar-refractivity contribution in [3.05, 3.63) is 130 Å². The molecule has 0 spiro atoms. The van der Waals surface area contributed by atoms with E-state index in [1.807, 2.05) is 123 Å². The van der Waals surface area contributed by atoms with Crippen molar-refractivity contribution in [1.82, 2.24) is 34.9 Å². The Morgan fingerprint density at radius 2 is 0.869 bits per heavy atom. The molecule has 1 N–H and O–H groups in total. The normalized spacial score (nSPS) is 14.2. The van der Waals surface area contributed by atoms with E-state index < -0.39 is 0 Å². The van der Waals surface area contributed by atoms with E-state index in [-0.39, 0.29) is 23.6 Å². The molecular formula is C50H45N7O4. The van der Waals surface area contributed by atoms with E-state index in [2.05, 4.69) is 17.4 Å². The van der Waals surface area contributed by atoms with Gasteiger partial charge in [0.05, 0.1) is 22.1 Å². The summed E-state index contributed by atoms with van der Waals surface area (Å²) in [6, 6.07) is 31.5. The van der Waals surface area contributed by atoms with Crippen molar-refractivity contribution in [2.75, 3.05) is 67.5 Å². The maximum absolute atomic E-state index is 14.1. The van der Waals surface area contributed by atoms with Crippen LogP contribution in [0.3, 0.4) is 0 Å². The van der Waals surface area contributed by atoms with Gasteiger partial charge < -0.3 is 15.1 Å². The number of carbonyl (C=O) groups excluding carboxylic acids is 4. The fourth-order valence-corrected chi connectivity index (χ4v) is 9.38. The van der Waals surface area contributed by atoms with Gasteiger partial charge in [-0.15, -0.1) is 0 Å². The third-order valence-electron chi connectivity index (χ3n) is 12.4. The van der Waals surface area contributed by atoms with E-state index in [0.29, 0.717) is 85.1 Å². The molecule has 0 radical (unpaired) electrons. The first-order valence-electron chi connectivity index (χ1n) is 20.9. The minimum absolute atomic E-state index is 0.273. The van der Waals surface area contributed by atoms with Crippen LogP contribution in [0.25, 0.3) is 65.2 Å². The second kappa shape index (κ2) is 15.1. The summed E-state index contributed by atoms with van der Waals surface area (Å²) in [5.41, 5.74) is 7.57. The molecule has 6 aromatic carbocycles. The smallest absolute Gasteiger partial charge is 0.261 e. The van der Waals surface area contributed by atoms with Crippen LogP contribution in [-0.4, -0.2) is 121 Å². The highest BCUT2D eigenvalue weighted by molar-refractivity contribution is 6.31. The van der Waals surface area contributed by atoms with Gasteiger partial charge in [-0.2, -0.15) is 0 Å². The first-order valence-corrected chi connectivity index (χ1v) is 20.9. The Hall–Kier alpha value is -6.66. The second-order valence-electron chi connectivity index (χ2n) is 16.7. The Morgan fingerprint density at radius 1 is 0.475 bits per heavy atom. The lowest BCUT2D eigenvalue weighted by Crippen LogP contribution is -2.43. The van der Waals surface area contributed by atoms with E-state index >= 15 is 0 Å². The number of hydrogen-bond acceptors (Lipinski definition) is 9. The third-order valence-corrected chi connectivity index (χ3v) is 12.4. The van der Waals surface area contributed by atoms with Crippen molar-refractivity contribution in [2.45, 2.75) is 12.8 Å². The summed E-state index contributed by atoms with van der Waals surface area (Å²) in [7, 11) is 7.72. The molecule has 2 aliphatic rings. The zero-order valence-corrected chi connectivity index (χ0v) is 34.7. The number of para-hydroxylation sites is 2. The molecule has 2 aromatic heterocycles. The lowest BCUT2D eigenvalue weighted by molar-refractivity contribution is 0.0585. The number of nitrogens with zero attached hydrogens (tertiary/aromatic N) is 6. The predicted octanol–water partition coefficient (Wildman–Crippen LogP) is 7.09. The number of benzene rings is 6. The van der Waals surface area contributed by atoms with Gasteiger partial charge in [0.2, 0.25) is 0 Å². The van der Waals surface area contributed by atoms with Crippen LogP contribution in [0.1, 0.15) is 52.6 Å². The largest absolute Gasteiger partial charge is 0.316 e. The molecule has 2 aliphatic heterocycles. The summed E-state index contributed by atoms with van der Waals surface area (Å²) in [6.07, 6.45) is 1.34. The maximum Gasteiger partial charge on any atom is 0.261 e. The van der Waals surface area contributed by atoms with Crippen LogP contribution < -0.4 is 5.32 Å². The van der Waals surface area contributed by atoms with Crippen LogP contribution in [0.15, 0.2) is 97.1 Å². The number of rotatable bonds is 12. The Balaban J connectivity index is 1.00. The summed E-state index contributed by atoms with van der Waals surface area (Å²) in [6.45, 7) is 3.04. The highest BCUT2D eigenvalue weighted by Gasteiger charge is 2.35. The number of hydrogen-bond donors (Lipinski definition) is 1. The molecular weight excluding hydrogens is 763 g/mol. The van der Waals surface area contributed by atoms with E-state index in [4.69, 9.17) is 9.97 Å². The van der Waals surface area contributed by atoms with E-state index in [9.17, 15) is 19.2 Å². The highest BCUT2D eigenvalue weighted by atomic mass is 16.2. The van der Waals surface area contributed by atoms with Gasteiger partial charge in [0.15, 0.2) is 0 Å². The van der Waals surface area contributed by atoms with Crippen molar-refractivity contribution in [1.29, 1.82) is 0 Å². The van der Waals surface area contributed by atoms with Crippen LogP contribution in [-0.2, 0) is 12.8 Å². The molecule has 11 heteroatoms. The summed E-state index contributed by atoms with van der Waals surface area (Å²) < 4.78 is 0. The van der Waals surface area contributed by atoms with Gasteiger partial charge in [-0.1, -0.05) is 60.7 Å². The summed E-state index contributed by atoms with van der Waals surface area (Å²) in [5, 5.41) is 10.5. The van der Waals surface area contributed by atoms with Gasteiger partial charge in [0.1, 0.15) is 0 Å². The number of imide groups is 2. The first kappa shape index (κ1) is 38.5. The third kappa shape index (κ3) is 6.30. The highest BCUT2D eigenvalue weighted by Crippen LogP contribution is 2.40. The zero-order valence-electron chi connectivity index (χ0n) is 34.7. The number of amides is 4. The molecule has 4 amide bonds. The van der Waals surface area contributed by atoms with Gasteiger partial charge in [0.25, 0.3) is 23.6 Å². The van der Waals surface area contributed by atoms with Crippen LogP contribution >= 0.6 is 0 Å². The molecule has 11 nitrogen and oxygen atoms in total. The minimum Gasteiger partial charge on any atom is -0.316 e. The van der Waals surface area contributed by atoms with Gasteiger partial charge in [-0.25, -0.2) is 9.97 Å². The fraction of sp³-hybridized carbons (Fsp3) is 0.240. The monoisotopic (exact) mass is 807 g/mol. The van der Waals surface area contributed by atoms with Crippen molar-refractivity contribution >= 4 is 88.8 Å². The second-order valence-corrected chi connectivity index (χ2v) is 16.7. The topological polar surface area (TPSA) is 119 Å². The van der Waals surface area contributed by atoms with Crippen LogP contribution in [0.2, 0.25) is 0 Å². The van der Waals surface area contributed by atoms with Crippen molar-refractivity contribution in [3.63, 3.8) is 0 Å². The van der Waals surface area contributed by atoms with Crippen LogP contribution in [0, 0.1) is 0 Å². The minimum atomic E-state index is -0.279. The van der Waals surface area contributed by atoms with Crippen molar-refractivity contribution in [3.8, 4) is 0 Å². The van der Waals surface area contributed by atoms with Gasteiger partial charge >= 0.3 is 0 Å². The molecule has 0 bridgehead atoms.